The fourth-order valence-electron chi connectivity index (χ4n) is 4.64. The fourth-order valence-corrected chi connectivity index (χ4v) is 6.60. The van der Waals surface area contributed by atoms with Crippen molar-refractivity contribution in [3.05, 3.63) is 83.9 Å². The molecule has 3 aromatic carbocycles. The van der Waals surface area contributed by atoms with Crippen molar-refractivity contribution in [2.45, 2.75) is 40.8 Å². The number of hydrogen-bond donors (Lipinski definition) is 5. The van der Waals surface area contributed by atoms with Gasteiger partial charge in [-0.05, 0) is 60.2 Å². The van der Waals surface area contributed by atoms with E-state index in [1.807, 2.05) is 42.5 Å². The lowest BCUT2D eigenvalue weighted by Crippen LogP contribution is -2.56. The van der Waals surface area contributed by atoms with Gasteiger partial charge in [0.25, 0.3) is 5.91 Å². The van der Waals surface area contributed by atoms with Crippen molar-refractivity contribution < 1.29 is 32.6 Å². The maximum Gasteiger partial charge on any atom is 0.251 e. The van der Waals surface area contributed by atoms with Crippen LogP contribution in [0.25, 0.3) is 0 Å². The smallest absolute Gasteiger partial charge is 0.251 e. The van der Waals surface area contributed by atoms with Crippen LogP contribution in [0.15, 0.2) is 82.6 Å². The summed E-state index contributed by atoms with van der Waals surface area (Å²) in [7, 11) is -3.73. The minimum atomic E-state index is -3.73. The van der Waals surface area contributed by atoms with E-state index in [2.05, 4.69) is 20.1 Å². The standard InChI is InChI=1S/C29H32N4O7S2/c34-27(29(36)30-11-12-31-42(37,38)21-9-5-2-6-10-21)22(15-19-7-3-1-4-8-19)32-28(35)23-16-20-17-24-25(40-14-13-39-24)18-26(20)41-33-23/h1-10,17-18,22-23,27,31,33-34H,11-16H2,(H,30,36)(H,32,35)/t22-,23-,27+/m0/s1. The van der Waals surface area contributed by atoms with Crippen LogP contribution in [0.1, 0.15) is 11.1 Å². The van der Waals surface area contributed by atoms with Crippen molar-refractivity contribution >= 4 is 33.8 Å². The first-order valence-electron chi connectivity index (χ1n) is 13.5. The molecule has 2 heterocycles. The third-order valence-electron chi connectivity index (χ3n) is 6.82. The summed E-state index contributed by atoms with van der Waals surface area (Å²) in [5.74, 6) is 0.213. The second kappa shape index (κ2) is 13.6. The summed E-state index contributed by atoms with van der Waals surface area (Å²) in [5, 5.41) is 16.4. The zero-order valence-electron chi connectivity index (χ0n) is 22.6. The second-order valence-electron chi connectivity index (χ2n) is 9.83. The molecule has 0 radical (unpaired) electrons. The summed E-state index contributed by atoms with van der Waals surface area (Å²) in [6.45, 7) is 0.812. The number of aliphatic hydroxyl groups is 1. The average Bonchev–Trinajstić information content (AvgIpc) is 3.02. The Hall–Kier alpha value is -3.62. The predicted molar refractivity (Wildman–Crippen MR) is 157 cm³/mol. The average molecular weight is 613 g/mol. The molecule has 0 aliphatic carbocycles. The molecular formula is C29H32N4O7S2. The molecule has 5 N–H and O–H groups in total. The Bertz CT molecular complexity index is 1510. The van der Waals surface area contributed by atoms with Crippen LogP contribution in [-0.2, 0) is 32.5 Å². The lowest BCUT2D eigenvalue weighted by Gasteiger charge is -2.30. The number of benzene rings is 3. The molecule has 3 atom stereocenters. The highest BCUT2D eigenvalue weighted by Crippen LogP contribution is 2.39. The fraction of sp³-hybridized carbons (Fsp3) is 0.310. The number of carbonyl (C=O) groups is 2. The predicted octanol–water partition coefficient (Wildman–Crippen LogP) is 1.16. The molecule has 0 unspecified atom stereocenters. The highest BCUT2D eigenvalue weighted by atomic mass is 32.2. The zero-order chi connectivity index (χ0) is 29.5. The number of aliphatic hydroxyl groups excluding tert-OH is 1. The summed E-state index contributed by atoms with van der Waals surface area (Å²) < 4.78 is 41.7. The van der Waals surface area contributed by atoms with E-state index >= 15 is 0 Å². The van der Waals surface area contributed by atoms with Crippen LogP contribution in [0.5, 0.6) is 11.5 Å². The van der Waals surface area contributed by atoms with Gasteiger partial charge in [0.2, 0.25) is 15.9 Å². The van der Waals surface area contributed by atoms with Crippen LogP contribution in [-0.4, -0.2) is 69.8 Å². The first-order valence-corrected chi connectivity index (χ1v) is 15.8. The number of fused-ring (bicyclic) bond motifs is 2. The number of carbonyl (C=O) groups excluding carboxylic acids is 2. The Morgan fingerprint density at radius 1 is 0.976 bits per heavy atom. The minimum absolute atomic E-state index is 0.0539. The first kappa shape index (κ1) is 29.9. The van der Waals surface area contributed by atoms with E-state index in [1.165, 1.54) is 24.1 Å². The Balaban J connectivity index is 1.20. The third kappa shape index (κ3) is 7.41. The van der Waals surface area contributed by atoms with Crippen molar-refractivity contribution in [3.63, 3.8) is 0 Å². The van der Waals surface area contributed by atoms with E-state index in [9.17, 15) is 23.1 Å². The number of rotatable bonds is 11. The monoisotopic (exact) mass is 612 g/mol. The van der Waals surface area contributed by atoms with Crippen molar-refractivity contribution in [2.75, 3.05) is 26.3 Å². The molecule has 0 spiro atoms. The molecule has 11 nitrogen and oxygen atoms in total. The Kier molecular flexibility index (Phi) is 9.65. The number of nitrogens with one attached hydrogen (secondary N) is 4. The van der Waals surface area contributed by atoms with Gasteiger partial charge >= 0.3 is 0 Å². The molecule has 2 aliphatic rings. The van der Waals surface area contributed by atoms with E-state index in [0.717, 1.165) is 16.0 Å². The summed E-state index contributed by atoms with van der Waals surface area (Å²) >= 11 is 1.31. The minimum Gasteiger partial charge on any atom is -0.486 e. The van der Waals surface area contributed by atoms with E-state index < -0.39 is 34.1 Å². The van der Waals surface area contributed by atoms with E-state index in [4.69, 9.17) is 9.47 Å². The van der Waals surface area contributed by atoms with Gasteiger partial charge in [0.15, 0.2) is 17.6 Å². The van der Waals surface area contributed by atoms with Gasteiger partial charge in [-0.15, -0.1) is 0 Å². The number of ether oxygens (including phenoxy) is 2. The zero-order valence-corrected chi connectivity index (χ0v) is 24.2. The SMILES string of the molecule is O=C(N[C@@H](Cc1ccccc1)[C@@H](O)C(=O)NCCNS(=O)(=O)c1ccccc1)[C@@H]1Cc2cc3c(cc2SN1)OCCO3. The van der Waals surface area contributed by atoms with Crippen molar-refractivity contribution in [1.29, 1.82) is 0 Å². The van der Waals surface area contributed by atoms with E-state index in [0.29, 0.717) is 31.1 Å². The number of sulfonamides is 1. The second-order valence-corrected chi connectivity index (χ2v) is 12.5. The number of amides is 2. The largest absolute Gasteiger partial charge is 0.486 e. The molecule has 5 rings (SSSR count). The van der Waals surface area contributed by atoms with Gasteiger partial charge < -0.3 is 25.2 Å². The Morgan fingerprint density at radius 2 is 1.64 bits per heavy atom. The Labute approximate surface area is 248 Å². The number of hydrogen-bond acceptors (Lipinski definition) is 9. The molecule has 2 amide bonds. The van der Waals surface area contributed by atoms with Crippen LogP contribution in [0.4, 0.5) is 0 Å². The molecule has 13 heteroatoms. The molecule has 42 heavy (non-hydrogen) atoms. The lowest BCUT2D eigenvalue weighted by atomic mass is 9.99. The first-order chi connectivity index (χ1) is 20.3. The lowest BCUT2D eigenvalue weighted by molar-refractivity contribution is -0.132. The van der Waals surface area contributed by atoms with Crippen LogP contribution in [0.3, 0.4) is 0 Å². The Morgan fingerprint density at radius 3 is 2.36 bits per heavy atom. The van der Waals surface area contributed by atoms with Crippen LogP contribution in [0.2, 0.25) is 0 Å². The normalized spacial score (nSPS) is 17.4. The van der Waals surface area contributed by atoms with Crippen molar-refractivity contribution in [2.24, 2.45) is 0 Å². The molecule has 0 aromatic heterocycles. The van der Waals surface area contributed by atoms with Crippen molar-refractivity contribution in [3.8, 4) is 11.5 Å². The summed E-state index contributed by atoms with van der Waals surface area (Å²) in [6, 6.07) is 19.3. The van der Waals surface area contributed by atoms with Gasteiger partial charge in [-0.3, -0.25) is 9.59 Å². The maximum absolute atomic E-state index is 13.4. The maximum atomic E-state index is 13.4. The van der Waals surface area contributed by atoms with E-state index in [-0.39, 0.29) is 30.3 Å². The van der Waals surface area contributed by atoms with Gasteiger partial charge in [-0.1, -0.05) is 48.5 Å². The van der Waals surface area contributed by atoms with Gasteiger partial charge in [0.05, 0.1) is 10.9 Å². The molecular weight excluding hydrogens is 580 g/mol. The summed E-state index contributed by atoms with van der Waals surface area (Å²) in [6.07, 6.45) is -0.995. The van der Waals surface area contributed by atoms with Gasteiger partial charge in [-0.25, -0.2) is 17.9 Å². The highest BCUT2D eigenvalue weighted by Gasteiger charge is 2.32. The van der Waals surface area contributed by atoms with Crippen molar-refractivity contribution in [1.82, 2.24) is 20.1 Å². The molecule has 222 valence electrons. The van der Waals surface area contributed by atoms with Gasteiger partial charge in [-0.2, -0.15) is 0 Å². The molecule has 0 fully saturated rings. The topological polar surface area (TPSA) is 155 Å². The molecule has 0 bridgehead atoms. The van der Waals surface area contributed by atoms with Crippen LogP contribution < -0.4 is 29.6 Å². The molecule has 3 aromatic rings. The quantitative estimate of drug-likeness (QED) is 0.159. The van der Waals surface area contributed by atoms with Crippen LogP contribution in [0, 0.1) is 0 Å². The van der Waals surface area contributed by atoms with Gasteiger partial charge in [0, 0.05) is 18.0 Å². The molecule has 2 aliphatic heterocycles. The highest BCUT2D eigenvalue weighted by molar-refractivity contribution is 7.97. The summed E-state index contributed by atoms with van der Waals surface area (Å²) in [4.78, 5) is 27.3. The summed E-state index contributed by atoms with van der Waals surface area (Å²) in [5.41, 5.74) is 1.75. The van der Waals surface area contributed by atoms with E-state index in [1.54, 1.807) is 18.2 Å². The van der Waals surface area contributed by atoms with Crippen LogP contribution >= 0.6 is 11.9 Å². The molecule has 0 saturated carbocycles. The third-order valence-corrected chi connectivity index (χ3v) is 9.30. The molecule has 0 saturated heterocycles. The van der Waals surface area contributed by atoms with Gasteiger partial charge in [0.1, 0.15) is 19.3 Å².